The minimum atomic E-state index is 0.128. The molecule has 1 aromatic rings. The summed E-state index contributed by atoms with van der Waals surface area (Å²) in [4.78, 5) is 4.27. The summed E-state index contributed by atoms with van der Waals surface area (Å²) in [6.45, 7) is 4.21. The van der Waals surface area contributed by atoms with Gasteiger partial charge in [0.15, 0.2) is 0 Å². The van der Waals surface area contributed by atoms with Gasteiger partial charge in [-0.05, 0) is 18.1 Å². The minimum absolute atomic E-state index is 0.128. The molecule has 0 aromatic carbocycles. The fourth-order valence-corrected chi connectivity index (χ4v) is 1.70. The van der Waals surface area contributed by atoms with E-state index in [-0.39, 0.29) is 5.92 Å². The van der Waals surface area contributed by atoms with E-state index in [0.29, 0.717) is 17.9 Å². The Kier molecular flexibility index (Phi) is 4.48. The van der Waals surface area contributed by atoms with Crippen LogP contribution in [0.3, 0.4) is 0 Å². The third-order valence-corrected chi connectivity index (χ3v) is 2.93. The molecule has 0 amide bonds. The van der Waals surface area contributed by atoms with Gasteiger partial charge in [0.05, 0.1) is 17.7 Å². The lowest BCUT2D eigenvalue weighted by atomic mass is 9.86. The normalized spacial score (nSPS) is 13.5. The first kappa shape index (κ1) is 12.2. The molecule has 3 nitrogen and oxygen atoms in total. The molecule has 82 valence electrons. The molecule has 0 radical (unpaired) electrons. The third-order valence-electron chi connectivity index (χ3n) is 2.93. The number of rotatable bonds is 4. The zero-order valence-electron chi connectivity index (χ0n) is 9.64. The highest BCUT2D eigenvalue weighted by molar-refractivity contribution is 5.30. The smallest absolute Gasteiger partial charge is 0.0992 e. The minimum Gasteiger partial charge on any atom is -0.261 e. The molecule has 0 aliphatic rings. The molecule has 0 spiro atoms. The number of hydrogen-bond donors (Lipinski definition) is 0. The molecule has 0 saturated carbocycles. The van der Waals surface area contributed by atoms with Crippen molar-refractivity contribution in [2.24, 2.45) is 5.92 Å². The summed E-state index contributed by atoms with van der Waals surface area (Å²) in [5.41, 5.74) is 1.46. The summed E-state index contributed by atoms with van der Waals surface area (Å²) >= 11 is 0. The van der Waals surface area contributed by atoms with Crippen molar-refractivity contribution in [3.8, 4) is 12.1 Å². The molecule has 1 rings (SSSR count). The van der Waals surface area contributed by atoms with Gasteiger partial charge in [-0.2, -0.15) is 10.5 Å². The van der Waals surface area contributed by atoms with Crippen LogP contribution in [0, 0.1) is 28.6 Å². The Morgan fingerprint density at radius 2 is 2.19 bits per heavy atom. The van der Waals surface area contributed by atoms with E-state index in [9.17, 15) is 0 Å². The van der Waals surface area contributed by atoms with Crippen LogP contribution in [0.25, 0.3) is 0 Å². The maximum absolute atomic E-state index is 8.83. The molecule has 3 heteroatoms. The Bertz CT molecular complexity index is 426. The van der Waals surface area contributed by atoms with Crippen LogP contribution in [0.15, 0.2) is 18.3 Å². The molecule has 0 aliphatic carbocycles. The van der Waals surface area contributed by atoms with E-state index in [1.807, 2.05) is 0 Å². The Balaban J connectivity index is 3.02. The summed E-state index contributed by atoms with van der Waals surface area (Å²) in [6.07, 6.45) is 3.10. The van der Waals surface area contributed by atoms with Gasteiger partial charge in [0.25, 0.3) is 0 Å². The van der Waals surface area contributed by atoms with Crippen molar-refractivity contribution in [3.63, 3.8) is 0 Å². The molecule has 2 unspecified atom stereocenters. The average molecular weight is 213 g/mol. The van der Waals surface area contributed by atoms with Crippen LogP contribution in [0.4, 0.5) is 0 Å². The van der Waals surface area contributed by atoms with E-state index in [4.69, 9.17) is 10.5 Å². The molecule has 0 saturated heterocycles. The zero-order valence-corrected chi connectivity index (χ0v) is 9.64. The van der Waals surface area contributed by atoms with Gasteiger partial charge in [0.2, 0.25) is 0 Å². The van der Waals surface area contributed by atoms with Crippen LogP contribution in [-0.4, -0.2) is 4.98 Å². The highest BCUT2D eigenvalue weighted by atomic mass is 14.7. The maximum Gasteiger partial charge on any atom is 0.0992 e. The summed E-state index contributed by atoms with van der Waals surface area (Å²) < 4.78 is 0. The zero-order chi connectivity index (χ0) is 12.0. The quantitative estimate of drug-likeness (QED) is 0.772. The molecule has 0 aliphatic heterocycles. The monoisotopic (exact) mass is 213 g/mol. The predicted octanol–water partition coefficient (Wildman–Crippen LogP) is 3.00. The highest BCUT2D eigenvalue weighted by Crippen LogP contribution is 2.28. The SMILES string of the molecule is CCC(C)C(CC#N)c1cc(C#N)ccn1. The average Bonchev–Trinajstić information content (AvgIpc) is 2.35. The van der Waals surface area contributed by atoms with E-state index >= 15 is 0 Å². The van der Waals surface area contributed by atoms with Crippen molar-refractivity contribution in [2.75, 3.05) is 0 Å². The van der Waals surface area contributed by atoms with Crippen molar-refractivity contribution >= 4 is 0 Å². The molecular weight excluding hydrogens is 198 g/mol. The Morgan fingerprint density at radius 3 is 2.75 bits per heavy atom. The lowest BCUT2D eigenvalue weighted by Crippen LogP contribution is -2.10. The molecule has 2 atom stereocenters. The van der Waals surface area contributed by atoms with E-state index in [0.717, 1.165) is 12.1 Å². The van der Waals surface area contributed by atoms with Gasteiger partial charge < -0.3 is 0 Å². The van der Waals surface area contributed by atoms with E-state index < -0.39 is 0 Å². The van der Waals surface area contributed by atoms with Gasteiger partial charge in [-0.25, -0.2) is 0 Å². The number of hydrogen-bond acceptors (Lipinski definition) is 3. The highest BCUT2D eigenvalue weighted by Gasteiger charge is 2.19. The van der Waals surface area contributed by atoms with Crippen molar-refractivity contribution < 1.29 is 0 Å². The maximum atomic E-state index is 8.83. The second kappa shape index (κ2) is 5.88. The standard InChI is InChI=1S/C13H15N3/c1-3-10(2)12(4-6-14)13-8-11(9-15)5-7-16-13/h5,7-8,10,12H,3-4H2,1-2H3. The summed E-state index contributed by atoms with van der Waals surface area (Å²) in [5.74, 6) is 0.532. The first-order valence-corrected chi connectivity index (χ1v) is 5.45. The fraction of sp³-hybridized carbons (Fsp3) is 0.462. The molecule has 0 bridgehead atoms. The molecule has 16 heavy (non-hydrogen) atoms. The van der Waals surface area contributed by atoms with Crippen LogP contribution in [-0.2, 0) is 0 Å². The molecule has 0 fully saturated rings. The molecule has 1 heterocycles. The van der Waals surface area contributed by atoms with E-state index in [1.54, 1.807) is 18.3 Å². The predicted molar refractivity (Wildman–Crippen MR) is 61.4 cm³/mol. The second-order valence-corrected chi connectivity index (χ2v) is 3.94. The number of nitrogens with zero attached hydrogens (tertiary/aromatic N) is 3. The summed E-state index contributed by atoms with van der Waals surface area (Å²) in [6, 6.07) is 7.76. The van der Waals surface area contributed by atoms with Crippen molar-refractivity contribution in [3.05, 3.63) is 29.6 Å². The Labute approximate surface area is 96.4 Å². The number of pyridine rings is 1. The Hall–Kier alpha value is -1.87. The molecule has 1 aromatic heterocycles. The van der Waals surface area contributed by atoms with Gasteiger partial charge in [0, 0.05) is 24.2 Å². The van der Waals surface area contributed by atoms with Gasteiger partial charge in [-0.3, -0.25) is 4.98 Å². The fourth-order valence-electron chi connectivity index (χ4n) is 1.70. The van der Waals surface area contributed by atoms with Crippen LogP contribution in [0.5, 0.6) is 0 Å². The van der Waals surface area contributed by atoms with Gasteiger partial charge in [0.1, 0.15) is 0 Å². The van der Waals surface area contributed by atoms with E-state index in [2.05, 4.69) is 31.0 Å². The van der Waals surface area contributed by atoms with Gasteiger partial charge >= 0.3 is 0 Å². The first-order chi connectivity index (χ1) is 7.72. The van der Waals surface area contributed by atoms with Crippen LogP contribution < -0.4 is 0 Å². The van der Waals surface area contributed by atoms with Crippen LogP contribution in [0.2, 0.25) is 0 Å². The number of aromatic nitrogens is 1. The van der Waals surface area contributed by atoms with Crippen molar-refractivity contribution in [1.82, 2.24) is 4.98 Å². The summed E-state index contributed by atoms with van der Waals surface area (Å²) in [5, 5.41) is 17.7. The Morgan fingerprint density at radius 1 is 1.44 bits per heavy atom. The topological polar surface area (TPSA) is 60.5 Å². The largest absolute Gasteiger partial charge is 0.261 e. The van der Waals surface area contributed by atoms with E-state index in [1.165, 1.54) is 0 Å². The lowest BCUT2D eigenvalue weighted by Gasteiger charge is -2.19. The van der Waals surface area contributed by atoms with Gasteiger partial charge in [-0.15, -0.1) is 0 Å². The summed E-state index contributed by atoms with van der Waals surface area (Å²) in [7, 11) is 0. The van der Waals surface area contributed by atoms with Crippen LogP contribution in [0.1, 0.15) is 43.9 Å². The molecule has 0 N–H and O–H groups in total. The van der Waals surface area contributed by atoms with Crippen molar-refractivity contribution in [1.29, 1.82) is 10.5 Å². The van der Waals surface area contributed by atoms with Crippen LogP contribution >= 0.6 is 0 Å². The van der Waals surface area contributed by atoms with Crippen molar-refractivity contribution in [2.45, 2.75) is 32.6 Å². The second-order valence-electron chi connectivity index (χ2n) is 3.94. The third kappa shape index (κ3) is 2.81. The lowest BCUT2D eigenvalue weighted by molar-refractivity contribution is 0.442. The first-order valence-electron chi connectivity index (χ1n) is 5.45. The molecular formula is C13H15N3. The number of nitriles is 2. The van der Waals surface area contributed by atoms with Gasteiger partial charge in [-0.1, -0.05) is 20.3 Å².